The Morgan fingerprint density at radius 3 is 2.39 bits per heavy atom. The third kappa shape index (κ3) is 5.71. The van der Waals surface area contributed by atoms with Crippen LogP contribution in [0.4, 0.5) is 4.39 Å². The molecule has 0 amide bonds. The van der Waals surface area contributed by atoms with Crippen LogP contribution in [0.15, 0.2) is 67.0 Å². The van der Waals surface area contributed by atoms with Gasteiger partial charge in [0.15, 0.2) is 0 Å². The summed E-state index contributed by atoms with van der Waals surface area (Å²) in [5.41, 5.74) is 1.28. The average molecular weight is 381 g/mol. The second-order valence-electron chi connectivity index (χ2n) is 7.12. The molecule has 0 aliphatic carbocycles. The van der Waals surface area contributed by atoms with Gasteiger partial charge >= 0.3 is 0 Å². The van der Waals surface area contributed by atoms with Gasteiger partial charge in [-0.05, 0) is 31.5 Å². The van der Waals surface area contributed by atoms with Crippen molar-refractivity contribution < 1.29 is 4.39 Å². The van der Waals surface area contributed by atoms with Crippen molar-refractivity contribution in [2.24, 2.45) is 0 Å². The maximum atomic E-state index is 11.9. The second-order valence-corrected chi connectivity index (χ2v) is 7.12. The van der Waals surface area contributed by atoms with Crippen molar-refractivity contribution in [2.75, 3.05) is 19.6 Å². The first-order valence-corrected chi connectivity index (χ1v) is 9.73. The molecule has 0 spiro atoms. The van der Waals surface area contributed by atoms with Gasteiger partial charge in [-0.15, -0.1) is 10.2 Å². The summed E-state index contributed by atoms with van der Waals surface area (Å²) >= 11 is 0. The summed E-state index contributed by atoms with van der Waals surface area (Å²) in [4.78, 5) is 2.48. The predicted molar refractivity (Wildman–Crippen MR) is 109 cm³/mol. The van der Waals surface area contributed by atoms with Gasteiger partial charge in [0.05, 0.1) is 12.6 Å². The van der Waals surface area contributed by atoms with E-state index < -0.39 is 0 Å². The van der Waals surface area contributed by atoms with Gasteiger partial charge in [0.25, 0.3) is 0 Å². The molecule has 5 nitrogen and oxygen atoms in total. The van der Waals surface area contributed by atoms with Crippen molar-refractivity contribution in [3.63, 3.8) is 0 Å². The Labute approximate surface area is 166 Å². The van der Waals surface area contributed by atoms with Crippen LogP contribution in [0, 0.1) is 5.82 Å². The fraction of sp³-hybridized carbons (Fsp3) is 0.364. The predicted octanol–water partition coefficient (Wildman–Crippen LogP) is 3.51. The van der Waals surface area contributed by atoms with Gasteiger partial charge in [0.1, 0.15) is 18.0 Å². The van der Waals surface area contributed by atoms with E-state index in [-0.39, 0.29) is 5.82 Å². The smallest absolute Gasteiger partial charge is 0.150 e. The highest BCUT2D eigenvalue weighted by atomic mass is 19.1. The van der Waals surface area contributed by atoms with Crippen molar-refractivity contribution in [3.05, 3.63) is 84.2 Å². The molecule has 2 atom stereocenters. The van der Waals surface area contributed by atoms with E-state index in [4.69, 9.17) is 0 Å². The number of benzene rings is 2. The van der Waals surface area contributed by atoms with Crippen molar-refractivity contribution in [3.8, 4) is 0 Å². The Morgan fingerprint density at radius 2 is 1.79 bits per heavy atom. The highest BCUT2D eigenvalue weighted by Crippen LogP contribution is 2.20. The van der Waals surface area contributed by atoms with Crippen LogP contribution in [0.1, 0.15) is 31.3 Å². The van der Waals surface area contributed by atoms with Gasteiger partial charge in [-0.25, -0.2) is 4.39 Å². The summed E-state index contributed by atoms with van der Waals surface area (Å²) in [6.07, 6.45) is 1.84. The van der Waals surface area contributed by atoms with E-state index in [0.717, 1.165) is 32.0 Å². The number of hydrogen-bond acceptors (Lipinski definition) is 4. The highest BCUT2D eigenvalue weighted by molar-refractivity contribution is 5.15. The Kier molecular flexibility index (Phi) is 7.28. The van der Waals surface area contributed by atoms with Crippen molar-refractivity contribution >= 4 is 0 Å². The van der Waals surface area contributed by atoms with Gasteiger partial charge in [-0.1, -0.05) is 48.5 Å². The van der Waals surface area contributed by atoms with E-state index in [0.29, 0.717) is 12.1 Å². The fourth-order valence-corrected chi connectivity index (χ4v) is 3.38. The number of nitrogens with zero attached hydrogens (tertiary/aromatic N) is 4. The molecule has 6 heteroatoms. The summed E-state index contributed by atoms with van der Waals surface area (Å²) in [5, 5.41) is 12.0. The third-order valence-electron chi connectivity index (χ3n) is 4.90. The third-order valence-corrected chi connectivity index (χ3v) is 4.90. The highest BCUT2D eigenvalue weighted by Gasteiger charge is 2.24. The minimum Gasteiger partial charge on any atom is -0.312 e. The summed E-state index contributed by atoms with van der Waals surface area (Å²) in [6.45, 7) is 8.44. The van der Waals surface area contributed by atoms with Crippen LogP contribution in [0.25, 0.3) is 0 Å². The average Bonchev–Trinajstić information content (AvgIpc) is 3.17. The molecule has 3 aromatic rings. The van der Waals surface area contributed by atoms with Crippen LogP contribution in [-0.2, 0) is 6.54 Å². The minimum atomic E-state index is -0.178. The molecule has 2 heterocycles. The van der Waals surface area contributed by atoms with Crippen LogP contribution in [0.3, 0.4) is 0 Å². The lowest BCUT2D eigenvalue weighted by Crippen LogP contribution is -2.50. The molecule has 0 radical (unpaired) electrons. The molecule has 0 saturated carbocycles. The minimum absolute atomic E-state index is 0.178. The largest absolute Gasteiger partial charge is 0.312 e. The number of rotatable bonds is 4. The van der Waals surface area contributed by atoms with E-state index >= 15 is 0 Å². The fourth-order valence-electron chi connectivity index (χ4n) is 3.38. The molecule has 1 N–H and O–H groups in total. The molecular weight excluding hydrogens is 353 g/mol. The first-order valence-electron chi connectivity index (χ1n) is 9.73. The number of aromatic nitrogens is 3. The molecule has 4 rings (SSSR count). The van der Waals surface area contributed by atoms with Crippen LogP contribution < -0.4 is 5.32 Å². The lowest BCUT2D eigenvalue weighted by Gasteiger charge is -2.35. The maximum Gasteiger partial charge on any atom is 0.150 e. The standard InChI is InChI=1S/C16H23N5.C6H5F/c1-13-10-20(9-8-17-13)14(2)16-19-18-12-21(16)11-15-6-4-3-5-7-15;7-6-4-2-1-3-5-6/h3-7,12-14,17H,8-11H2,1-2H3;1-5H. The zero-order chi connectivity index (χ0) is 19.8. The normalized spacial score (nSPS) is 18.2. The van der Waals surface area contributed by atoms with Crippen molar-refractivity contribution in [2.45, 2.75) is 32.5 Å². The van der Waals surface area contributed by atoms with Gasteiger partial charge < -0.3 is 9.88 Å². The Hall–Kier alpha value is -2.57. The molecule has 1 aliphatic rings. The molecule has 1 fully saturated rings. The van der Waals surface area contributed by atoms with Crippen LogP contribution in [0.2, 0.25) is 0 Å². The molecule has 1 saturated heterocycles. The first kappa shape index (κ1) is 20.2. The molecule has 2 aromatic carbocycles. The maximum absolute atomic E-state index is 11.9. The summed E-state index contributed by atoms with van der Waals surface area (Å²) in [7, 11) is 0. The number of piperazine rings is 1. The molecule has 1 aliphatic heterocycles. The summed E-state index contributed by atoms with van der Waals surface area (Å²) in [6, 6.07) is 19.2. The van der Waals surface area contributed by atoms with Crippen LogP contribution in [0.5, 0.6) is 0 Å². The summed E-state index contributed by atoms with van der Waals surface area (Å²) in [5.74, 6) is 0.871. The topological polar surface area (TPSA) is 46.0 Å². The zero-order valence-electron chi connectivity index (χ0n) is 16.5. The molecule has 28 heavy (non-hydrogen) atoms. The Bertz CT molecular complexity index is 821. The SMILES string of the molecule is CC1CN(C(C)c2nncn2Cc2ccccc2)CCN1.Fc1ccccc1. The van der Waals surface area contributed by atoms with E-state index in [1.165, 1.54) is 17.7 Å². The zero-order valence-corrected chi connectivity index (χ0v) is 16.5. The van der Waals surface area contributed by atoms with E-state index in [1.54, 1.807) is 18.2 Å². The number of halogens is 1. The van der Waals surface area contributed by atoms with E-state index in [9.17, 15) is 4.39 Å². The lowest BCUT2D eigenvalue weighted by molar-refractivity contribution is 0.151. The van der Waals surface area contributed by atoms with Gasteiger partial charge in [0.2, 0.25) is 0 Å². The second kappa shape index (κ2) is 10.1. The summed E-state index contributed by atoms with van der Waals surface area (Å²) < 4.78 is 14.1. The Morgan fingerprint density at radius 1 is 1.11 bits per heavy atom. The van der Waals surface area contributed by atoms with E-state index in [1.807, 2.05) is 12.4 Å². The molecule has 148 valence electrons. The number of hydrogen-bond donors (Lipinski definition) is 1. The van der Waals surface area contributed by atoms with Crippen molar-refractivity contribution in [1.29, 1.82) is 0 Å². The van der Waals surface area contributed by atoms with Gasteiger partial charge in [-0.2, -0.15) is 0 Å². The molecule has 1 aromatic heterocycles. The van der Waals surface area contributed by atoms with Gasteiger partial charge in [-0.3, -0.25) is 4.90 Å². The molecule has 2 unspecified atom stereocenters. The van der Waals surface area contributed by atoms with Crippen molar-refractivity contribution in [1.82, 2.24) is 25.0 Å². The molecule has 0 bridgehead atoms. The van der Waals surface area contributed by atoms with Crippen LogP contribution >= 0.6 is 0 Å². The Balaban J connectivity index is 0.000000271. The quantitative estimate of drug-likeness (QED) is 0.751. The van der Waals surface area contributed by atoms with E-state index in [2.05, 4.69) is 63.1 Å². The monoisotopic (exact) mass is 381 g/mol. The first-order chi connectivity index (χ1) is 13.6. The molecular formula is C22H28FN5. The lowest BCUT2D eigenvalue weighted by atomic mass is 10.1. The number of nitrogens with one attached hydrogen (secondary N) is 1. The van der Waals surface area contributed by atoms with Gasteiger partial charge in [0, 0.05) is 25.7 Å². The van der Waals surface area contributed by atoms with Crippen LogP contribution in [-0.4, -0.2) is 45.3 Å².